The summed E-state index contributed by atoms with van der Waals surface area (Å²) in [5.74, 6) is -0.0135. The standard InChI is InChI=1S/C9H12BrF3N2O2/c1-5(4-17-2)3-15-7(10)6(8(16)14-15)9(11,12)13/h5H,3-4H2,1-2H3,(H,14,16). The molecule has 8 heteroatoms. The van der Waals surface area contributed by atoms with Crippen LogP contribution in [0.25, 0.3) is 0 Å². The molecule has 98 valence electrons. The minimum Gasteiger partial charge on any atom is -0.384 e. The van der Waals surface area contributed by atoms with Crippen LogP contribution in [0.5, 0.6) is 0 Å². The smallest absolute Gasteiger partial charge is 0.384 e. The number of hydrogen-bond donors (Lipinski definition) is 1. The minimum atomic E-state index is -4.66. The Labute approximate surface area is 104 Å². The number of aromatic nitrogens is 2. The average molecular weight is 317 g/mol. The number of rotatable bonds is 4. The van der Waals surface area contributed by atoms with Crippen molar-refractivity contribution < 1.29 is 17.9 Å². The molecular formula is C9H12BrF3N2O2. The van der Waals surface area contributed by atoms with Crippen LogP contribution in [0.2, 0.25) is 0 Å². The molecule has 0 amide bonds. The summed E-state index contributed by atoms with van der Waals surface area (Å²) in [4.78, 5) is 11.2. The number of methoxy groups -OCH3 is 1. The highest BCUT2D eigenvalue weighted by molar-refractivity contribution is 9.10. The predicted molar refractivity (Wildman–Crippen MR) is 58.8 cm³/mol. The first-order valence-electron chi connectivity index (χ1n) is 4.81. The third-order valence-corrected chi connectivity index (χ3v) is 2.96. The molecule has 1 rings (SSSR count). The van der Waals surface area contributed by atoms with E-state index in [1.807, 2.05) is 6.92 Å². The summed E-state index contributed by atoms with van der Waals surface area (Å²) in [5, 5.41) is 2.15. The summed E-state index contributed by atoms with van der Waals surface area (Å²) in [6.07, 6.45) is -4.66. The maximum atomic E-state index is 12.5. The lowest BCUT2D eigenvalue weighted by Crippen LogP contribution is -2.17. The Morgan fingerprint density at radius 1 is 1.53 bits per heavy atom. The zero-order valence-electron chi connectivity index (χ0n) is 9.27. The van der Waals surface area contributed by atoms with Gasteiger partial charge in [0.1, 0.15) is 4.60 Å². The van der Waals surface area contributed by atoms with Gasteiger partial charge in [0.05, 0.1) is 6.61 Å². The SMILES string of the molecule is COCC(C)Cn1[nH]c(=O)c(C(F)(F)F)c1Br. The molecule has 0 spiro atoms. The number of alkyl halides is 3. The Morgan fingerprint density at radius 2 is 2.12 bits per heavy atom. The Bertz CT molecular complexity index is 438. The second kappa shape index (κ2) is 5.26. The van der Waals surface area contributed by atoms with Gasteiger partial charge >= 0.3 is 6.18 Å². The van der Waals surface area contributed by atoms with Crippen LogP contribution in [-0.2, 0) is 17.5 Å². The van der Waals surface area contributed by atoms with E-state index in [-0.39, 0.29) is 17.1 Å². The fourth-order valence-electron chi connectivity index (χ4n) is 1.48. The zero-order chi connectivity index (χ0) is 13.2. The largest absolute Gasteiger partial charge is 0.424 e. The molecule has 0 bridgehead atoms. The summed E-state index contributed by atoms with van der Waals surface area (Å²) in [6, 6.07) is 0. The molecule has 17 heavy (non-hydrogen) atoms. The van der Waals surface area contributed by atoms with Crippen molar-refractivity contribution >= 4 is 15.9 Å². The number of nitrogens with one attached hydrogen (secondary N) is 1. The summed E-state index contributed by atoms with van der Waals surface area (Å²) in [6.45, 7) is 2.44. The van der Waals surface area contributed by atoms with Crippen molar-refractivity contribution in [2.24, 2.45) is 5.92 Å². The van der Waals surface area contributed by atoms with Gasteiger partial charge in [-0.2, -0.15) is 13.2 Å². The van der Waals surface area contributed by atoms with Crippen molar-refractivity contribution in [1.82, 2.24) is 9.78 Å². The number of ether oxygens (including phenoxy) is 1. The van der Waals surface area contributed by atoms with E-state index in [0.29, 0.717) is 6.61 Å². The Kier molecular flexibility index (Phi) is 4.42. The molecule has 4 nitrogen and oxygen atoms in total. The third-order valence-electron chi connectivity index (χ3n) is 2.14. The first-order valence-corrected chi connectivity index (χ1v) is 5.61. The van der Waals surface area contributed by atoms with Crippen molar-refractivity contribution in [3.63, 3.8) is 0 Å². The summed E-state index contributed by atoms with van der Waals surface area (Å²) in [7, 11) is 1.51. The Morgan fingerprint density at radius 3 is 2.53 bits per heavy atom. The number of hydrogen-bond acceptors (Lipinski definition) is 2. The number of aromatic amines is 1. The minimum absolute atomic E-state index is 0.0135. The summed E-state index contributed by atoms with van der Waals surface area (Å²) in [5.41, 5.74) is -2.35. The highest BCUT2D eigenvalue weighted by atomic mass is 79.9. The van der Waals surface area contributed by atoms with E-state index < -0.39 is 17.3 Å². The van der Waals surface area contributed by atoms with Gasteiger partial charge in [-0.25, -0.2) is 0 Å². The van der Waals surface area contributed by atoms with Crippen LogP contribution < -0.4 is 5.56 Å². The lowest BCUT2D eigenvalue weighted by molar-refractivity contribution is -0.139. The normalized spacial score (nSPS) is 14.0. The second-order valence-corrected chi connectivity index (χ2v) is 4.53. The molecule has 1 unspecified atom stereocenters. The van der Waals surface area contributed by atoms with Crippen LogP contribution in [0.1, 0.15) is 12.5 Å². The Hall–Kier alpha value is -0.760. The highest BCUT2D eigenvalue weighted by Crippen LogP contribution is 2.32. The lowest BCUT2D eigenvalue weighted by Gasteiger charge is -2.12. The molecule has 0 fully saturated rings. The monoisotopic (exact) mass is 316 g/mol. The van der Waals surface area contributed by atoms with Crippen molar-refractivity contribution in [3.05, 3.63) is 20.5 Å². The van der Waals surface area contributed by atoms with Crippen LogP contribution in [0.15, 0.2) is 9.40 Å². The summed E-state index contributed by atoms with van der Waals surface area (Å²) < 4.78 is 43.3. The maximum Gasteiger partial charge on any atom is 0.424 e. The van der Waals surface area contributed by atoms with Gasteiger partial charge < -0.3 is 4.74 Å². The number of halogens is 4. The van der Waals surface area contributed by atoms with Crippen molar-refractivity contribution in [2.45, 2.75) is 19.6 Å². The quantitative estimate of drug-likeness (QED) is 0.926. The van der Waals surface area contributed by atoms with E-state index in [9.17, 15) is 18.0 Å². The van der Waals surface area contributed by atoms with Gasteiger partial charge in [-0.15, -0.1) is 0 Å². The molecule has 1 aromatic rings. The Balaban J connectivity index is 3.01. The summed E-state index contributed by atoms with van der Waals surface area (Å²) >= 11 is 2.79. The maximum absolute atomic E-state index is 12.5. The molecule has 0 aliphatic rings. The van der Waals surface area contributed by atoms with Gasteiger partial charge in [0.2, 0.25) is 0 Å². The molecule has 1 atom stereocenters. The van der Waals surface area contributed by atoms with Gasteiger partial charge in [0.15, 0.2) is 5.56 Å². The molecule has 0 aliphatic heterocycles. The highest BCUT2D eigenvalue weighted by Gasteiger charge is 2.38. The van der Waals surface area contributed by atoms with Crippen LogP contribution in [0, 0.1) is 5.92 Å². The molecule has 1 heterocycles. The average Bonchev–Trinajstić information content (AvgIpc) is 2.40. The van der Waals surface area contributed by atoms with Gasteiger partial charge in [0.25, 0.3) is 5.56 Å². The lowest BCUT2D eigenvalue weighted by atomic mass is 10.2. The van der Waals surface area contributed by atoms with Crippen LogP contribution in [0.3, 0.4) is 0 Å². The molecule has 0 saturated carbocycles. The van der Waals surface area contributed by atoms with E-state index in [1.54, 1.807) is 0 Å². The molecule has 1 aromatic heterocycles. The van der Waals surface area contributed by atoms with Crippen LogP contribution in [-0.4, -0.2) is 23.5 Å². The van der Waals surface area contributed by atoms with Gasteiger partial charge in [-0.1, -0.05) is 6.92 Å². The number of nitrogens with zero attached hydrogens (tertiary/aromatic N) is 1. The molecule has 0 aromatic carbocycles. The fourth-order valence-corrected chi connectivity index (χ4v) is 2.11. The number of H-pyrrole nitrogens is 1. The van der Waals surface area contributed by atoms with E-state index in [2.05, 4.69) is 21.0 Å². The third kappa shape index (κ3) is 3.35. The van der Waals surface area contributed by atoms with Crippen molar-refractivity contribution in [3.8, 4) is 0 Å². The molecule has 0 aliphatic carbocycles. The van der Waals surface area contributed by atoms with E-state index in [0.717, 1.165) is 4.68 Å². The first kappa shape index (κ1) is 14.3. The molecule has 1 N–H and O–H groups in total. The van der Waals surface area contributed by atoms with Gasteiger partial charge in [-0.3, -0.25) is 14.6 Å². The van der Waals surface area contributed by atoms with E-state index in [4.69, 9.17) is 4.74 Å². The molecular weight excluding hydrogens is 305 g/mol. The fraction of sp³-hybridized carbons (Fsp3) is 0.667. The van der Waals surface area contributed by atoms with Crippen LogP contribution in [0.4, 0.5) is 13.2 Å². The zero-order valence-corrected chi connectivity index (χ0v) is 10.9. The predicted octanol–water partition coefficient (Wildman–Crippen LogP) is 2.24. The van der Waals surface area contributed by atoms with Gasteiger partial charge in [-0.05, 0) is 21.8 Å². The van der Waals surface area contributed by atoms with Crippen LogP contribution >= 0.6 is 15.9 Å². The molecule has 0 radical (unpaired) electrons. The van der Waals surface area contributed by atoms with Gasteiger partial charge in [0, 0.05) is 13.7 Å². The van der Waals surface area contributed by atoms with Crippen molar-refractivity contribution in [1.29, 1.82) is 0 Å². The topological polar surface area (TPSA) is 47.0 Å². The first-order chi connectivity index (χ1) is 7.77. The second-order valence-electron chi connectivity index (χ2n) is 3.78. The van der Waals surface area contributed by atoms with E-state index >= 15 is 0 Å². The van der Waals surface area contributed by atoms with E-state index in [1.165, 1.54) is 7.11 Å². The molecule has 0 saturated heterocycles. The van der Waals surface area contributed by atoms with Crippen molar-refractivity contribution in [2.75, 3.05) is 13.7 Å².